The van der Waals surface area contributed by atoms with Gasteiger partial charge in [-0.3, -0.25) is 28.9 Å². The van der Waals surface area contributed by atoms with Gasteiger partial charge in [0, 0.05) is 54.4 Å². The molecule has 2 aliphatic rings. The number of hydrogen-bond acceptors (Lipinski definition) is 8. The van der Waals surface area contributed by atoms with Gasteiger partial charge in [-0.2, -0.15) is 0 Å². The van der Waals surface area contributed by atoms with Crippen LogP contribution in [-0.2, 0) is 26.2 Å². The molecule has 1 fully saturated rings. The molecule has 0 spiro atoms. The average molecular weight is 689 g/mol. The summed E-state index contributed by atoms with van der Waals surface area (Å²) < 4.78 is 9.97. The molecule has 4 aromatic rings. The summed E-state index contributed by atoms with van der Waals surface area (Å²) in [4.78, 5) is 46.2. The second-order valence-electron chi connectivity index (χ2n) is 12.3. The van der Waals surface area contributed by atoms with Crippen LogP contribution < -0.4 is 31.4 Å². The van der Waals surface area contributed by atoms with E-state index in [0.29, 0.717) is 30.3 Å². The molecule has 1 aromatic carbocycles. The Bertz CT molecular complexity index is 2140. The molecule has 12 nitrogen and oxygen atoms in total. The van der Waals surface area contributed by atoms with Gasteiger partial charge in [-0.15, -0.1) is 13.2 Å². The Morgan fingerprint density at radius 3 is 2.44 bits per heavy atom. The second-order valence-corrected chi connectivity index (χ2v) is 13.1. The minimum absolute atomic E-state index is 0.0157. The number of nitrogens with one attached hydrogen (secondary N) is 3. The zero-order chi connectivity index (χ0) is 34.3. The number of aromatic hydroxyl groups is 1. The highest BCUT2D eigenvalue weighted by molar-refractivity contribution is 7.71. The number of aromatic nitrogens is 5. The SMILES string of the molecule is C=CCn1c([O-])c(C(c2ccc(OC)c(C[NH+]3C[C@H]4C[C@@H](C3)c3cccc(=O)n3C4)c2)c2c(O)n(CC=C)c(=S)[nH]c2=O)c(=O)[nH]c1=S. The maximum atomic E-state index is 14.0. The van der Waals surface area contributed by atoms with E-state index in [9.17, 15) is 24.6 Å². The van der Waals surface area contributed by atoms with Crippen LogP contribution in [-0.4, -0.2) is 49.0 Å². The topological polar surface area (TPSA) is 155 Å². The molecule has 48 heavy (non-hydrogen) atoms. The molecule has 5 heterocycles. The summed E-state index contributed by atoms with van der Waals surface area (Å²) in [6, 6.07) is 10.7. The van der Waals surface area contributed by atoms with Gasteiger partial charge in [0.15, 0.2) is 9.54 Å². The van der Waals surface area contributed by atoms with Crippen molar-refractivity contribution in [3.8, 4) is 17.5 Å². The van der Waals surface area contributed by atoms with Crippen LogP contribution in [0.25, 0.3) is 0 Å². The number of H-pyrrole nitrogens is 2. The van der Waals surface area contributed by atoms with Crippen molar-refractivity contribution in [3.63, 3.8) is 0 Å². The van der Waals surface area contributed by atoms with Gasteiger partial charge in [0.1, 0.15) is 12.3 Å². The Labute approximate surface area is 285 Å². The van der Waals surface area contributed by atoms with Gasteiger partial charge in [0.2, 0.25) is 5.88 Å². The molecule has 2 bridgehead atoms. The van der Waals surface area contributed by atoms with Gasteiger partial charge < -0.3 is 29.0 Å². The van der Waals surface area contributed by atoms with Crippen molar-refractivity contribution >= 4 is 24.4 Å². The number of likely N-dealkylation sites (tertiary alicyclic amines) is 1. The van der Waals surface area contributed by atoms with Crippen molar-refractivity contribution in [1.82, 2.24) is 23.7 Å². The number of rotatable bonds is 10. The summed E-state index contributed by atoms with van der Waals surface area (Å²) in [5.74, 6) is -1.40. The molecule has 3 aromatic heterocycles. The highest BCUT2D eigenvalue weighted by atomic mass is 32.1. The van der Waals surface area contributed by atoms with Crippen LogP contribution in [0.1, 0.15) is 46.2 Å². The fraction of sp³-hybridized carbons (Fsp3) is 0.324. The highest BCUT2D eigenvalue weighted by Crippen LogP contribution is 2.38. The number of fused-ring (bicyclic) bond motifs is 4. The molecule has 0 radical (unpaired) electrons. The number of ether oxygens (including phenoxy) is 1. The Balaban J connectivity index is 1.51. The lowest BCUT2D eigenvalue weighted by molar-refractivity contribution is -0.924. The maximum Gasteiger partial charge on any atom is 0.259 e. The van der Waals surface area contributed by atoms with Crippen LogP contribution in [0.5, 0.6) is 17.5 Å². The first-order valence-electron chi connectivity index (χ1n) is 15.6. The van der Waals surface area contributed by atoms with Crippen molar-refractivity contribution < 1.29 is 19.8 Å². The summed E-state index contributed by atoms with van der Waals surface area (Å²) in [5.41, 5.74) is 0.205. The molecule has 4 atom stereocenters. The first-order chi connectivity index (χ1) is 23.1. The van der Waals surface area contributed by atoms with Gasteiger partial charge in [-0.05, 0) is 60.5 Å². The number of pyridine rings is 1. The van der Waals surface area contributed by atoms with Crippen molar-refractivity contribution in [2.45, 2.75) is 44.4 Å². The average Bonchev–Trinajstić information content (AvgIpc) is 3.04. The van der Waals surface area contributed by atoms with Crippen molar-refractivity contribution in [2.24, 2.45) is 5.92 Å². The van der Waals surface area contributed by atoms with Crippen molar-refractivity contribution in [3.05, 3.63) is 130 Å². The third-order valence-corrected chi connectivity index (χ3v) is 9.99. The molecule has 0 aliphatic carbocycles. The zero-order valence-electron chi connectivity index (χ0n) is 26.4. The number of quaternary nitrogens is 1. The van der Waals surface area contributed by atoms with E-state index in [-0.39, 0.29) is 45.2 Å². The van der Waals surface area contributed by atoms with Crippen molar-refractivity contribution in [2.75, 3.05) is 20.2 Å². The lowest BCUT2D eigenvalue weighted by Crippen LogP contribution is -3.13. The largest absolute Gasteiger partial charge is 0.860 e. The zero-order valence-corrected chi connectivity index (χ0v) is 28.0. The van der Waals surface area contributed by atoms with Crippen LogP contribution >= 0.6 is 24.4 Å². The van der Waals surface area contributed by atoms with Crippen molar-refractivity contribution in [1.29, 1.82) is 0 Å². The summed E-state index contributed by atoms with van der Waals surface area (Å²) in [7, 11) is 1.57. The summed E-state index contributed by atoms with van der Waals surface area (Å²) in [6.07, 6.45) is 3.98. The van der Waals surface area contributed by atoms with E-state index in [1.807, 2.05) is 22.8 Å². The van der Waals surface area contributed by atoms with Gasteiger partial charge >= 0.3 is 0 Å². The Morgan fingerprint density at radius 2 is 1.73 bits per heavy atom. The lowest BCUT2D eigenvalue weighted by atomic mass is 9.82. The molecule has 2 aliphatic heterocycles. The number of benzene rings is 1. The molecule has 2 unspecified atom stereocenters. The molecule has 4 N–H and O–H groups in total. The number of allylic oxidation sites excluding steroid dienone is 2. The molecule has 0 saturated carbocycles. The number of methoxy groups -OCH3 is 1. The third kappa shape index (κ3) is 5.91. The Kier molecular flexibility index (Phi) is 9.23. The standard InChI is InChI=1S/C34H36N6O6S2/c1-4-11-38-31(44)27(29(42)35-33(38)47)26(28-30(43)36-34(48)39(12-5-2)32(28)45)20-9-10-24(46-3)22(14-20)18-37-15-19-13-21(17-37)23-7-6-8-25(41)40(23)16-19/h4-10,14,19,21,26,44-45H,1-2,11-13,15-18H2,3H3,(H,35,42,47)(H,36,43,48)/t19-,21+/m1/s1. The Hall–Kier alpha value is -4.79. The minimum atomic E-state index is -1.32. The summed E-state index contributed by atoms with van der Waals surface area (Å²) in [5, 5.41) is 25.5. The van der Waals surface area contributed by atoms with E-state index in [1.165, 1.54) is 26.2 Å². The molecular weight excluding hydrogens is 653 g/mol. The number of nitrogens with zero attached hydrogens (tertiary/aromatic N) is 3. The summed E-state index contributed by atoms with van der Waals surface area (Å²) >= 11 is 10.6. The Morgan fingerprint density at radius 1 is 1.04 bits per heavy atom. The molecule has 14 heteroatoms. The number of piperidine rings is 1. The first-order valence-corrected chi connectivity index (χ1v) is 16.4. The van der Waals surface area contributed by atoms with Crippen LogP contribution in [0.2, 0.25) is 0 Å². The van der Waals surface area contributed by atoms with E-state index >= 15 is 0 Å². The van der Waals surface area contributed by atoms with E-state index in [0.717, 1.165) is 30.8 Å². The molecule has 250 valence electrons. The number of aromatic amines is 2. The van der Waals surface area contributed by atoms with E-state index in [1.54, 1.807) is 25.3 Å². The van der Waals surface area contributed by atoms with Gasteiger partial charge in [0.05, 0.1) is 31.7 Å². The molecule has 0 amide bonds. The molecule has 6 rings (SSSR count). The predicted octanol–water partition coefficient (Wildman–Crippen LogP) is 1.83. The normalized spacial score (nSPS) is 18.9. The second kappa shape index (κ2) is 13.4. The highest BCUT2D eigenvalue weighted by Gasteiger charge is 2.38. The van der Waals surface area contributed by atoms with Crippen LogP contribution in [0, 0.1) is 15.5 Å². The van der Waals surface area contributed by atoms with Gasteiger partial charge in [0.25, 0.3) is 16.7 Å². The maximum absolute atomic E-state index is 14.0. The summed E-state index contributed by atoms with van der Waals surface area (Å²) in [6.45, 7) is 10.3. The fourth-order valence-electron chi connectivity index (χ4n) is 7.38. The minimum Gasteiger partial charge on any atom is -0.860 e. The van der Waals surface area contributed by atoms with E-state index < -0.39 is 28.8 Å². The first kappa shape index (κ1) is 33.1. The smallest absolute Gasteiger partial charge is 0.259 e. The van der Waals surface area contributed by atoms with E-state index in [2.05, 4.69) is 23.1 Å². The van der Waals surface area contributed by atoms with Gasteiger partial charge in [-0.25, -0.2) is 0 Å². The third-order valence-electron chi connectivity index (χ3n) is 9.34. The van der Waals surface area contributed by atoms with E-state index in [4.69, 9.17) is 29.2 Å². The predicted molar refractivity (Wildman–Crippen MR) is 183 cm³/mol. The van der Waals surface area contributed by atoms with Crippen LogP contribution in [0.4, 0.5) is 0 Å². The fourth-order valence-corrected chi connectivity index (χ4v) is 7.88. The quantitative estimate of drug-likeness (QED) is 0.145. The monoisotopic (exact) mass is 688 g/mol. The number of hydrogen-bond donors (Lipinski definition) is 4. The van der Waals surface area contributed by atoms with Crippen LogP contribution in [0.3, 0.4) is 0 Å². The molecule has 1 saturated heterocycles. The lowest BCUT2D eigenvalue weighted by Gasteiger charge is -2.40. The van der Waals surface area contributed by atoms with Crippen LogP contribution in [0.15, 0.2) is 76.1 Å². The van der Waals surface area contributed by atoms with Gasteiger partial charge in [-0.1, -0.05) is 24.3 Å². The molecular formula is C34H36N6O6S2.